The van der Waals surface area contributed by atoms with Crippen LogP contribution in [-0.4, -0.2) is 29.5 Å². The van der Waals surface area contributed by atoms with E-state index in [0.717, 1.165) is 22.3 Å². The van der Waals surface area contributed by atoms with E-state index in [9.17, 15) is 4.79 Å². The first-order valence-electron chi connectivity index (χ1n) is 6.87. The lowest BCUT2D eigenvalue weighted by Crippen LogP contribution is -2.32. The molecule has 2 rings (SSSR count). The standard InChI is InChI=1S/C17H20N2O2/c1-19(17(21)10-18)11-14-3-2-4-16(9-14)15-7-5-13(12-20)6-8-15/h2-9,20H,10-12,18H2,1H3. The summed E-state index contributed by atoms with van der Waals surface area (Å²) in [6.45, 7) is 0.615. The maximum atomic E-state index is 11.5. The molecule has 0 aromatic heterocycles. The molecule has 4 heteroatoms. The molecule has 0 saturated carbocycles. The third-order valence-corrected chi connectivity index (χ3v) is 3.42. The van der Waals surface area contributed by atoms with Gasteiger partial charge >= 0.3 is 0 Å². The Kier molecular flexibility index (Phi) is 5.09. The van der Waals surface area contributed by atoms with Gasteiger partial charge in [0.05, 0.1) is 13.2 Å². The summed E-state index contributed by atoms with van der Waals surface area (Å²) in [6.07, 6.45) is 0. The quantitative estimate of drug-likeness (QED) is 0.879. The largest absolute Gasteiger partial charge is 0.392 e. The van der Waals surface area contributed by atoms with Crippen molar-refractivity contribution in [1.82, 2.24) is 4.90 Å². The van der Waals surface area contributed by atoms with Crippen LogP contribution in [0.25, 0.3) is 11.1 Å². The number of hydrogen-bond acceptors (Lipinski definition) is 3. The van der Waals surface area contributed by atoms with E-state index in [1.54, 1.807) is 11.9 Å². The zero-order valence-electron chi connectivity index (χ0n) is 12.1. The maximum absolute atomic E-state index is 11.5. The summed E-state index contributed by atoms with van der Waals surface area (Å²) in [5, 5.41) is 9.07. The number of benzene rings is 2. The topological polar surface area (TPSA) is 66.6 Å². The molecule has 1 amide bonds. The van der Waals surface area contributed by atoms with Crippen LogP contribution in [0, 0.1) is 0 Å². The Morgan fingerprint density at radius 2 is 1.81 bits per heavy atom. The summed E-state index contributed by atoms with van der Waals surface area (Å²) in [7, 11) is 1.75. The van der Waals surface area contributed by atoms with Gasteiger partial charge in [0.15, 0.2) is 0 Å². The summed E-state index contributed by atoms with van der Waals surface area (Å²) in [5.74, 6) is -0.0762. The van der Waals surface area contributed by atoms with Crippen LogP contribution in [0.2, 0.25) is 0 Å². The minimum absolute atomic E-state index is 0.0266. The van der Waals surface area contributed by atoms with Gasteiger partial charge in [-0.05, 0) is 28.3 Å². The van der Waals surface area contributed by atoms with Crippen molar-refractivity contribution in [2.75, 3.05) is 13.6 Å². The molecule has 0 heterocycles. The van der Waals surface area contributed by atoms with Crippen LogP contribution in [-0.2, 0) is 17.9 Å². The van der Waals surface area contributed by atoms with Crippen molar-refractivity contribution in [2.24, 2.45) is 5.73 Å². The van der Waals surface area contributed by atoms with E-state index in [2.05, 4.69) is 6.07 Å². The number of aliphatic hydroxyl groups excluding tert-OH is 1. The van der Waals surface area contributed by atoms with Gasteiger partial charge in [-0.2, -0.15) is 0 Å². The van der Waals surface area contributed by atoms with Crippen molar-refractivity contribution in [3.05, 3.63) is 59.7 Å². The predicted molar refractivity (Wildman–Crippen MR) is 83.3 cm³/mol. The summed E-state index contributed by atoms with van der Waals surface area (Å²) in [4.78, 5) is 13.1. The van der Waals surface area contributed by atoms with Crippen LogP contribution in [0.4, 0.5) is 0 Å². The third-order valence-electron chi connectivity index (χ3n) is 3.42. The molecule has 0 spiro atoms. The molecule has 4 nitrogen and oxygen atoms in total. The summed E-state index contributed by atoms with van der Waals surface area (Å²) in [5.41, 5.74) is 9.49. The van der Waals surface area contributed by atoms with Gasteiger partial charge in [0.25, 0.3) is 0 Å². The number of hydrogen-bond donors (Lipinski definition) is 2. The molecule has 3 N–H and O–H groups in total. The normalized spacial score (nSPS) is 10.4. The SMILES string of the molecule is CN(Cc1cccc(-c2ccc(CO)cc2)c1)C(=O)CN. The minimum Gasteiger partial charge on any atom is -0.392 e. The number of amides is 1. The number of likely N-dealkylation sites (N-methyl/N-ethyl adjacent to an activating group) is 1. The van der Waals surface area contributed by atoms with Gasteiger partial charge in [-0.15, -0.1) is 0 Å². The van der Waals surface area contributed by atoms with Crippen LogP contribution in [0.1, 0.15) is 11.1 Å². The second-order valence-electron chi connectivity index (χ2n) is 5.01. The van der Waals surface area contributed by atoms with Gasteiger partial charge in [-0.1, -0.05) is 42.5 Å². The first kappa shape index (κ1) is 15.2. The van der Waals surface area contributed by atoms with Crippen molar-refractivity contribution < 1.29 is 9.90 Å². The van der Waals surface area contributed by atoms with Crippen molar-refractivity contribution in [3.8, 4) is 11.1 Å². The van der Waals surface area contributed by atoms with Crippen LogP contribution in [0.5, 0.6) is 0 Å². The van der Waals surface area contributed by atoms with E-state index in [0.29, 0.717) is 6.54 Å². The molecule has 0 radical (unpaired) electrons. The molecular weight excluding hydrogens is 264 g/mol. The zero-order chi connectivity index (χ0) is 15.2. The number of carbonyl (C=O) groups is 1. The molecule has 0 fully saturated rings. The van der Waals surface area contributed by atoms with E-state index in [1.807, 2.05) is 42.5 Å². The number of nitrogens with zero attached hydrogens (tertiary/aromatic N) is 1. The highest BCUT2D eigenvalue weighted by molar-refractivity contribution is 5.77. The number of rotatable bonds is 5. The van der Waals surface area contributed by atoms with E-state index >= 15 is 0 Å². The summed E-state index contributed by atoms with van der Waals surface area (Å²) in [6, 6.07) is 15.9. The molecule has 2 aromatic rings. The third kappa shape index (κ3) is 3.90. The average Bonchev–Trinajstić information content (AvgIpc) is 2.54. The van der Waals surface area contributed by atoms with Crippen molar-refractivity contribution in [1.29, 1.82) is 0 Å². The predicted octanol–water partition coefficient (Wildman–Crippen LogP) is 1.76. The molecule has 21 heavy (non-hydrogen) atoms. The fourth-order valence-corrected chi connectivity index (χ4v) is 2.17. The van der Waals surface area contributed by atoms with Gasteiger partial charge in [0, 0.05) is 13.6 Å². The maximum Gasteiger partial charge on any atom is 0.236 e. The van der Waals surface area contributed by atoms with Gasteiger partial charge in [-0.3, -0.25) is 4.79 Å². The Bertz CT molecular complexity index is 608. The molecule has 2 aromatic carbocycles. The van der Waals surface area contributed by atoms with Crippen LogP contribution in [0.15, 0.2) is 48.5 Å². The smallest absolute Gasteiger partial charge is 0.236 e. The highest BCUT2D eigenvalue weighted by Crippen LogP contribution is 2.21. The molecular formula is C17H20N2O2. The lowest BCUT2D eigenvalue weighted by molar-refractivity contribution is -0.128. The van der Waals surface area contributed by atoms with E-state index < -0.39 is 0 Å². The molecule has 0 bridgehead atoms. The van der Waals surface area contributed by atoms with Gasteiger partial charge < -0.3 is 15.7 Å². The summed E-state index contributed by atoms with van der Waals surface area (Å²) >= 11 is 0. The highest BCUT2D eigenvalue weighted by Gasteiger charge is 2.07. The molecule has 0 atom stereocenters. The number of aliphatic hydroxyl groups is 1. The lowest BCUT2D eigenvalue weighted by Gasteiger charge is -2.16. The van der Waals surface area contributed by atoms with E-state index in [1.165, 1.54) is 0 Å². The number of nitrogens with two attached hydrogens (primary N) is 1. The minimum atomic E-state index is -0.0762. The number of carbonyl (C=O) groups excluding carboxylic acids is 1. The molecule has 0 aliphatic carbocycles. The van der Waals surface area contributed by atoms with E-state index in [4.69, 9.17) is 10.8 Å². The van der Waals surface area contributed by atoms with Crippen molar-refractivity contribution >= 4 is 5.91 Å². The Labute approximate surface area is 124 Å². The monoisotopic (exact) mass is 284 g/mol. The van der Waals surface area contributed by atoms with Crippen LogP contribution < -0.4 is 5.73 Å². The second-order valence-corrected chi connectivity index (χ2v) is 5.01. The van der Waals surface area contributed by atoms with Gasteiger partial charge in [0.1, 0.15) is 0 Å². The van der Waals surface area contributed by atoms with Gasteiger partial charge in [-0.25, -0.2) is 0 Å². The fraction of sp³-hybridized carbons (Fsp3) is 0.235. The Morgan fingerprint density at radius 3 is 2.43 bits per heavy atom. The Morgan fingerprint density at radius 1 is 1.10 bits per heavy atom. The molecule has 110 valence electrons. The fourth-order valence-electron chi connectivity index (χ4n) is 2.17. The first-order valence-corrected chi connectivity index (χ1v) is 6.87. The van der Waals surface area contributed by atoms with Crippen molar-refractivity contribution in [2.45, 2.75) is 13.2 Å². The van der Waals surface area contributed by atoms with E-state index in [-0.39, 0.29) is 19.1 Å². The average molecular weight is 284 g/mol. The molecule has 0 saturated heterocycles. The lowest BCUT2D eigenvalue weighted by atomic mass is 10.0. The summed E-state index contributed by atoms with van der Waals surface area (Å²) < 4.78 is 0. The molecule has 0 aliphatic rings. The molecule has 0 unspecified atom stereocenters. The van der Waals surface area contributed by atoms with Gasteiger partial charge in [0.2, 0.25) is 5.91 Å². The Balaban J connectivity index is 2.18. The van der Waals surface area contributed by atoms with Crippen LogP contribution >= 0.6 is 0 Å². The highest BCUT2D eigenvalue weighted by atomic mass is 16.3. The Hall–Kier alpha value is -2.17. The first-order chi connectivity index (χ1) is 10.1. The van der Waals surface area contributed by atoms with Crippen LogP contribution in [0.3, 0.4) is 0 Å². The van der Waals surface area contributed by atoms with Crippen molar-refractivity contribution in [3.63, 3.8) is 0 Å². The second kappa shape index (κ2) is 7.02. The molecule has 0 aliphatic heterocycles. The zero-order valence-corrected chi connectivity index (χ0v) is 12.1.